The van der Waals surface area contributed by atoms with Crippen LogP contribution in [0.1, 0.15) is 0 Å². The lowest BCUT2D eigenvalue weighted by atomic mass is 10.3. The minimum absolute atomic E-state index is 0.130. The van der Waals surface area contributed by atoms with Crippen LogP contribution in [0.15, 0.2) is 41.3 Å². The van der Waals surface area contributed by atoms with Crippen molar-refractivity contribution >= 4 is 29.1 Å². The Kier molecular flexibility index (Phi) is 4.65. The van der Waals surface area contributed by atoms with Crippen LogP contribution in [0.2, 0.25) is 0 Å². The van der Waals surface area contributed by atoms with Crippen molar-refractivity contribution in [2.75, 3.05) is 11.6 Å². The summed E-state index contributed by atoms with van der Waals surface area (Å²) in [6.45, 7) is 3.74. The maximum Gasteiger partial charge on any atom is 0.282 e. The van der Waals surface area contributed by atoms with E-state index < -0.39 is 0 Å². The third kappa shape index (κ3) is 3.57. The molecule has 0 saturated heterocycles. The standard InChI is InChI=1S/C10H10ClNO2S/c1-8(6-11)7-15-10-5-3-2-4-9(10)12(13)14/h2-5H,1,6-7H2. The van der Waals surface area contributed by atoms with Gasteiger partial charge in [-0.1, -0.05) is 24.3 Å². The summed E-state index contributed by atoms with van der Waals surface area (Å²) in [5.41, 5.74) is 0.990. The van der Waals surface area contributed by atoms with E-state index in [-0.39, 0.29) is 10.6 Å². The van der Waals surface area contributed by atoms with E-state index in [2.05, 4.69) is 6.58 Å². The van der Waals surface area contributed by atoms with Crippen molar-refractivity contribution in [1.29, 1.82) is 0 Å². The van der Waals surface area contributed by atoms with Gasteiger partial charge >= 0.3 is 0 Å². The van der Waals surface area contributed by atoms with E-state index in [1.165, 1.54) is 17.8 Å². The number of nitrogens with zero attached hydrogens (tertiary/aromatic N) is 1. The molecule has 0 saturated carbocycles. The average Bonchev–Trinajstić information content (AvgIpc) is 2.26. The van der Waals surface area contributed by atoms with Gasteiger partial charge in [0.2, 0.25) is 0 Å². The number of alkyl halides is 1. The lowest BCUT2D eigenvalue weighted by molar-refractivity contribution is -0.387. The maximum atomic E-state index is 10.7. The normalized spacial score (nSPS) is 9.93. The Morgan fingerprint density at radius 3 is 2.80 bits per heavy atom. The van der Waals surface area contributed by atoms with Crippen molar-refractivity contribution < 1.29 is 4.92 Å². The predicted octanol–water partition coefficient (Wildman–Crippen LogP) is 3.48. The number of halogens is 1. The molecule has 0 atom stereocenters. The molecule has 1 rings (SSSR count). The quantitative estimate of drug-likeness (QED) is 0.261. The van der Waals surface area contributed by atoms with Crippen molar-refractivity contribution in [1.82, 2.24) is 0 Å². The van der Waals surface area contributed by atoms with Crippen molar-refractivity contribution in [2.24, 2.45) is 0 Å². The first-order valence-electron chi connectivity index (χ1n) is 4.24. The Balaban J connectivity index is 2.76. The summed E-state index contributed by atoms with van der Waals surface area (Å²) in [4.78, 5) is 10.9. The Hall–Kier alpha value is -1.00. The summed E-state index contributed by atoms with van der Waals surface area (Å²) in [6, 6.07) is 6.65. The number of nitro benzene ring substituents is 1. The summed E-state index contributed by atoms with van der Waals surface area (Å²) in [5.74, 6) is 0.988. The first kappa shape index (κ1) is 12.1. The zero-order valence-corrected chi connectivity index (χ0v) is 9.55. The van der Waals surface area contributed by atoms with Crippen molar-refractivity contribution in [3.63, 3.8) is 0 Å². The van der Waals surface area contributed by atoms with E-state index in [0.29, 0.717) is 16.5 Å². The number of nitro groups is 1. The van der Waals surface area contributed by atoms with E-state index >= 15 is 0 Å². The molecule has 0 aliphatic heterocycles. The molecule has 0 unspecified atom stereocenters. The molecule has 1 aromatic rings. The molecule has 0 N–H and O–H groups in total. The summed E-state index contributed by atoms with van der Waals surface area (Å²) in [6.07, 6.45) is 0. The van der Waals surface area contributed by atoms with Crippen LogP contribution in [0.4, 0.5) is 5.69 Å². The lowest BCUT2D eigenvalue weighted by Crippen LogP contribution is -1.92. The van der Waals surface area contributed by atoms with Crippen LogP contribution in [0.5, 0.6) is 0 Å². The predicted molar refractivity (Wildman–Crippen MR) is 63.7 cm³/mol. The highest BCUT2D eigenvalue weighted by atomic mass is 35.5. The zero-order valence-electron chi connectivity index (χ0n) is 7.98. The van der Waals surface area contributed by atoms with Gasteiger partial charge in [0.05, 0.1) is 9.82 Å². The van der Waals surface area contributed by atoms with Gasteiger partial charge in [0.15, 0.2) is 0 Å². The van der Waals surface area contributed by atoms with Crippen molar-refractivity contribution in [3.05, 3.63) is 46.5 Å². The molecule has 0 bridgehead atoms. The third-order valence-corrected chi connectivity index (χ3v) is 3.27. The second-order valence-corrected chi connectivity index (χ2v) is 4.18. The van der Waals surface area contributed by atoms with E-state index in [1.807, 2.05) is 0 Å². The monoisotopic (exact) mass is 243 g/mol. The molecule has 0 radical (unpaired) electrons. The molecule has 0 fully saturated rings. The van der Waals surface area contributed by atoms with E-state index in [4.69, 9.17) is 11.6 Å². The molecule has 80 valence electrons. The highest BCUT2D eigenvalue weighted by Gasteiger charge is 2.12. The highest BCUT2D eigenvalue weighted by molar-refractivity contribution is 7.99. The topological polar surface area (TPSA) is 43.1 Å². The maximum absolute atomic E-state index is 10.7. The number of benzene rings is 1. The molecule has 3 nitrogen and oxygen atoms in total. The van der Waals surface area contributed by atoms with Crippen LogP contribution < -0.4 is 0 Å². The van der Waals surface area contributed by atoms with Crippen molar-refractivity contribution in [2.45, 2.75) is 4.90 Å². The van der Waals surface area contributed by atoms with E-state index in [1.54, 1.807) is 18.2 Å². The summed E-state index contributed by atoms with van der Waals surface area (Å²) in [7, 11) is 0. The van der Waals surface area contributed by atoms with Gasteiger partial charge in [0.25, 0.3) is 5.69 Å². The molecule has 0 aliphatic carbocycles. The van der Waals surface area contributed by atoms with Gasteiger partial charge in [-0.25, -0.2) is 0 Å². The molecule has 0 spiro atoms. The number of rotatable bonds is 5. The van der Waals surface area contributed by atoms with Gasteiger partial charge in [0, 0.05) is 17.7 Å². The fraction of sp³-hybridized carbons (Fsp3) is 0.200. The third-order valence-electron chi connectivity index (χ3n) is 1.68. The largest absolute Gasteiger partial charge is 0.282 e. The minimum Gasteiger partial charge on any atom is -0.258 e. The number of hydrogen-bond acceptors (Lipinski definition) is 3. The Morgan fingerprint density at radius 1 is 1.53 bits per heavy atom. The van der Waals surface area contributed by atoms with Crippen LogP contribution in [0, 0.1) is 10.1 Å². The summed E-state index contributed by atoms with van der Waals surface area (Å²) in [5, 5.41) is 10.7. The number of hydrogen-bond donors (Lipinski definition) is 0. The Bertz CT molecular complexity index is 381. The molecule has 1 aromatic carbocycles. The molecule has 0 amide bonds. The Labute approximate surface area is 97.3 Å². The van der Waals surface area contributed by atoms with Gasteiger partial charge < -0.3 is 0 Å². The van der Waals surface area contributed by atoms with Crippen LogP contribution in [-0.2, 0) is 0 Å². The molecule has 0 aliphatic rings. The molecule has 15 heavy (non-hydrogen) atoms. The first-order valence-corrected chi connectivity index (χ1v) is 5.76. The van der Waals surface area contributed by atoms with Crippen molar-refractivity contribution in [3.8, 4) is 0 Å². The fourth-order valence-electron chi connectivity index (χ4n) is 0.948. The second kappa shape index (κ2) is 5.78. The zero-order chi connectivity index (χ0) is 11.3. The van der Waals surface area contributed by atoms with Gasteiger partial charge in [-0.15, -0.1) is 23.4 Å². The minimum atomic E-state index is -0.383. The van der Waals surface area contributed by atoms with Gasteiger partial charge in [-0.2, -0.15) is 0 Å². The average molecular weight is 244 g/mol. The van der Waals surface area contributed by atoms with Gasteiger partial charge in [0.1, 0.15) is 0 Å². The summed E-state index contributed by atoms with van der Waals surface area (Å²) >= 11 is 6.96. The highest BCUT2D eigenvalue weighted by Crippen LogP contribution is 2.29. The summed E-state index contributed by atoms with van der Waals surface area (Å²) < 4.78 is 0. The smallest absolute Gasteiger partial charge is 0.258 e. The van der Waals surface area contributed by atoms with E-state index in [9.17, 15) is 10.1 Å². The molecule has 0 aromatic heterocycles. The van der Waals surface area contributed by atoms with Crippen LogP contribution in [0.25, 0.3) is 0 Å². The number of para-hydroxylation sites is 1. The van der Waals surface area contributed by atoms with Crippen LogP contribution in [-0.4, -0.2) is 16.6 Å². The number of thioether (sulfide) groups is 1. The van der Waals surface area contributed by atoms with Crippen LogP contribution in [0.3, 0.4) is 0 Å². The fourth-order valence-corrected chi connectivity index (χ4v) is 2.08. The molecule has 5 heteroatoms. The van der Waals surface area contributed by atoms with Gasteiger partial charge in [-0.05, 0) is 6.07 Å². The molecular formula is C10H10ClNO2S. The second-order valence-electron chi connectivity index (χ2n) is 2.90. The SMILES string of the molecule is C=C(CCl)CSc1ccccc1[N+](=O)[O-]. The Morgan fingerprint density at radius 2 is 2.20 bits per heavy atom. The van der Waals surface area contributed by atoms with E-state index in [0.717, 1.165) is 5.57 Å². The molecule has 0 heterocycles. The molecular weight excluding hydrogens is 234 g/mol. The van der Waals surface area contributed by atoms with Crippen LogP contribution >= 0.6 is 23.4 Å². The first-order chi connectivity index (χ1) is 7.15. The van der Waals surface area contributed by atoms with Gasteiger partial charge in [-0.3, -0.25) is 10.1 Å². The lowest BCUT2D eigenvalue weighted by Gasteiger charge is -2.02.